The van der Waals surface area contributed by atoms with Crippen molar-refractivity contribution < 1.29 is 19.2 Å². The minimum Gasteiger partial charge on any atom is -0.465 e. The van der Waals surface area contributed by atoms with Gasteiger partial charge in [0.1, 0.15) is 17.2 Å². The Hall–Kier alpha value is -2.04. The number of rotatable bonds is 7. The van der Waals surface area contributed by atoms with E-state index in [2.05, 4.69) is 0 Å². The van der Waals surface area contributed by atoms with E-state index in [0.29, 0.717) is 12.4 Å². The molecule has 0 aliphatic carbocycles. The van der Waals surface area contributed by atoms with Crippen LogP contribution in [-0.2, 0) is 9.78 Å². The van der Waals surface area contributed by atoms with Crippen molar-refractivity contribution in [2.45, 2.75) is 6.92 Å². The van der Waals surface area contributed by atoms with Crippen molar-refractivity contribution in [1.82, 2.24) is 0 Å². The van der Waals surface area contributed by atoms with E-state index in [-0.39, 0.29) is 6.79 Å². The maximum atomic E-state index is 5.66. The van der Waals surface area contributed by atoms with E-state index >= 15 is 0 Å². The number of hydrogen-bond acceptors (Lipinski definition) is 4. The summed E-state index contributed by atoms with van der Waals surface area (Å²) in [4.78, 5) is 9.47. The van der Waals surface area contributed by atoms with E-state index < -0.39 is 0 Å². The second-order valence-corrected chi connectivity index (χ2v) is 3.67. The summed E-state index contributed by atoms with van der Waals surface area (Å²) in [5, 5.41) is 0. The van der Waals surface area contributed by atoms with Crippen LogP contribution in [-0.4, -0.2) is 13.4 Å². The highest BCUT2D eigenvalue weighted by Gasteiger charge is 1.98. The average Bonchev–Trinajstić information content (AvgIpc) is 2.46. The lowest BCUT2D eigenvalue weighted by Crippen LogP contribution is -2.03. The number of para-hydroxylation sites is 1. The van der Waals surface area contributed by atoms with Gasteiger partial charge in [0.15, 0.2) is 0 Å². The van der Waals surface area contributed by atoms with Gasteiger partial charge >= 0.3 is 0 Å². The van der Waals surface area contributed by atoms with Gasteiger partial charge in [0.25, 0.3) is 0 Å². The molecule has 0 bridgehead atoms. The number of benzene rings is 2. The predicted molar refractivity (Wildman–Crippen MR) is 71.2 cm³/mol. The fraction of sp³-hybridized carbons (Fsp3) is 0.200. The molecule has 0 unspecified atom stereocenters. The van der Waals surface area contributed by atoms with E-state index in [1.165, 1.54) is 0 Å². The monoisotopic (exact) mass is 260 g/mol. The third-order valence-corrected chi connectivity index (χ3v) is 2.28. The summed E-state index contributed by atoms with van der Waals surface area (Å²) in [6.07, 6.45) is 0. The highest BCUT2D eigenvalue weighted by atomic mass is 17.2. The smallest absolute Gasteiger partial charge is 0.221 e. The molecule has 0 saturated heterocycles. The lowest BCUT2D eigenvalue weighted by Gasteiger charge is -2.08. The second-order valence-electron chi connectivity index (χ2n) is 3.67. The number of hydrogen-bond donors (Lipinski definition) is 0. The van der Waals surface area contributed by atoms with Crippen LogP contribution in [0.15, 0.2) is 54.6 Å². The summed E-state index contributed by atoms with van der Waals surface area (Å²) in [6.45, 7) is 2.40. The topological polar surface area (TPSA) is 36.9 Å². The van der Waals surface area contributed by atoms with Crippen LogP contribution < -0.4 is 9.47 Å². The van der Waals surface area contributed by atoms with Gasteiger partial charge < -0.3 is 9.47 Å². The zero-order valence-electron chi connectivity index (χ0n) is 10.7. The molecule has 0 aliphatic rings. The maximum Gasteiger partial charge on any atom is 0.221 e. The van der Waals surface area contributed by atoms with Gasteiger partial charge in [-0.15, -0.1) is 0 Å². The van der Waals surface area contributed by atoms with Gasteiger partial charge in [0.05, 0.1) is 6.61 Å². The van der Waals surface area contributed by atoms with Crippen molar-refractivity contribution in [2.24, 2.45) is 0 Å². The van der Waals surface area contributed by atoms with E-state index in [9.17, 15) is 0 Å². The van der Waals surface area contributed by atoms with Gasteiger partial charge in [-0.05, 0) is 43.3 Å². The van der Waals surface area contributed by atoms with E-state index in [1.807, 2.05) is 61.5 Å². The largest absolute Gasteiger partial charge is 0.465 e. The summed E-state index contributed by atoms with van der Waals surface area (Å²) < 4.78 is 11.0. The summed E-state index contributed by atoms with van der Waals surface area (Å²) in [7, 11) is 0. The lowest BCUT2D eigenvalue weighted by atomic mass is 10.3. The lowest BCUT2D eigenvalue weighted by molar-refractivity contribution is -0.320. The Labute approximate surface area is 112 Å². The van der Waals surface area contributed by atoms with Crippen LogP contribution in [0.4, 0.5) is 0 Å². The van der Waals surface area contributed by atoms with Crippen molar-refractivity contribution in [2.75, 3.05) is 13.4 Å². The van der Waals surface area contributed by atoms with Crippen molar-refractivity contribution in [1.29, 1.82) is 0 Å². The summed E-state index contributed by atoms with van der Waals surface area (Å²) in [5.41, 5.74) is 0. The summed E-state index contributed by atoms with van der Waals surface area (Å²) in [5.74, 6) is 2.25. The SMILES string of the molecule is CCOOCOc1ccc(Oc2ccccc2)cc1. The predicted octanol–water partition coefficient (Wildman–Crippen LogP) is 3.78. The average molecular weight is 260 g/mol. The first kappa shape index (κ1) is 13.4. The molecule has 2 aromatic rings. The standard InChI is InChI=1S/C15H16O4/c1-2-17-18-12-16-13-8-10-15(11-9-13)19-14-6-4-3-5-7-14/h3-11H,2,12H2,1H3. The van der Waals surface area contributed by atoms with E-state index in [1.54, 1.807) is 0 Å². The fourth-order valence-corrected chi connectivity index (χ4v) is 1.44. The van der Waals surface area contributed by atoms with Gasteiger partial charge in [0.2, 0.25) is 6.79 Å². The maximum absolute atomic E-state index is 5.66. The van der Waals surface area contributed by atoms with Crippen LogP contribution in [0, 0.1) is 0 Å². The molecule has 0 spiro atoms. The Kier molecular flexibility index (Phi) is 5.22. The Balaban J connectivity index is 1.84. The first-order chi connectivity index (χ1) is 9.38. The van der Waals surface area contributed by atoms with Crippen molar-refractivity contribution in [3.63, 3.8) is 0 Å². The Bertz CT molecular complexity index is 467. The molecule has 19 heavy (non-hydrogen) atoms. The second kappa shape index (κ2) is 7.41. The third-order valence-electron chi connectivity index (χ3n) is 2.28. The van der Waals surface area contributed by atoms with Gasteiger partial charge in [-0.1, -0.05) is 18.2 Å². The van der Waals surface area contributed by atoms with Crippen molar-refractivity contribution >= 4 is 0 Å². The Morgan fingerprint density at radius 3 is 2.05 bits per heavy atom. The molecule has 0 atom stereocenters. The third kappa shape index (κ3) is 4.62. The van der Waals surface area contributed by atoms with Crippen LogP contribution in [0.1, 0.15) is 6.92 Å². The highest BCUT2D eigenvalue weighted by Crippen LogP contribution is 2.23. The molecule has 0 amide bonds. The zero-order valence-corrected chi connectivity index (χ0v) is 10.7. The van der Waals surface area contributed by atoms with Crippen molar-refractivity contribution in [3.05, 3.63) is 54.6 Å². The summed E-state index contributed by atoms with van der Waals surface area (Å²) in [6, 6.07) is 16.9. The van der Waals surface area contributed by atoms with Gasteiger partial charge in [0, 0.05) is 0 Å². The molecule has 4 heteroatoms. The molecule has 0 N–H and O–H groups in total. The molecule has 100 valence electrons. The van der Waals surface area contributed by atoms with Gasteiger partial charge in [-0.25, -0.2) is 4.89 Å². The first-order valence-electron chi connectivity index (χ1n) is 6.08. The summed E-state index contributed by atoms with van der Waals surface area (Å²) >= 11 is 0. The molecule has 2 rings (SSSR count). The Morgan fingerprint density at radius 1 is 0.737 bits per heavy atom. The highest BCUT2D eigenvalue weighted by molar-refractivity contribution is 5.35. The van der Waals surface area contributed by atoms with E-state index in [4.69, 9.17) is 19.2 Å². The normalized spacial score (nSPS) is 10.2. The molecular formula is C15H16O4. The van der Waals surface area contributed by atoms with Gasteiger partial charge in [-0.3, -0.25) is 0 Å². The number of ether oxygens (including phenoxy) is 2. The minimum absolute atomic E-state index is 0.0622. The van der Waals surface area contributed by atoms with E-state index in [0.717, 1.165) is 11.5 Å². The van der Waals surface area contributed by atoms with Crippen LogP contribution in [0.25, 0.3) is 0 Å². The molecule has 0 aromatic heterocycles. The van der Waals surface area contributed by atoms with Crippen LogP contribution in [0.3, 0.4) is 0 Å². The van der Waals surface area contributed by atoms with Crippen LogP contribution in [0.2, 0.25) is 0 Å². The molecule has 0 radical (unpaired) electrons. The zero-order chi connectivity index (χ0) is 13.3. The van der Waals surface area contributed by atoms with Crippen LogP contribution in [0.5, 0.6) is 17.2 Å². The molecule has 4 nitrogen and oxygen atoms in total. The molecule has 2 aromatic carbocycles. The molecule has 0 aliphatic heterocycles. The van der Waals surface area contributed by atoms with Crippen molar-refractivity contribution in [3.8, 4) is 17.2 Å². The fourth-order valence-electron chi connectivity index (χ4n) is 1.44. The van der Waals surface area contributed by atoms with Gasteiger partial charge in [-0.2, -0.15) is 4.89 Å². The molecule has 0 fully saturated rings. The molecule has 0 saturated carbocycles. The van der Waals surface area contributed by atoms with Crippen LogP contribution >= 0.6 is 0 Å². The molecule has 0 heterocycles. The minimum atomic E-state index is 0.0622. The molecular weight excluding hydrogens is 244 g/mol. The quantitative estimate of drug-likeness (QED) is 0.328. The first-order valence-corrected chi connectivity index (χ1v) is 6.08. The Morgan fingerprint density at radius 2 is 1.37 bits per heavy atom.